The maximum absolute atomic E-state index is 10.8. The van der Waals surface area contributed by atoms with E-state index < -0.39 is 6.03 Å². The number of hydrogen-bond acceptors (Lipinski definition) is 3. The van der Waals surface area contributed by atoms with Gasteiger partial charge in [0.25, 0.3) is 0 Å². The van der Waals surface area contributed by atoms with Crippen LogP contribution < -0.4 is 15.8 Å². The summed E-state index contributed by atoms with van der Waals surface area (Å²) < 4.78 is 5.59. The lowest BCUT2D eigenvalue weighted by atomic mass is 10.0. The molecule has 2 aliphatic rings. The number of benzene rings is 1. The minimum atomic E-state index is -0.500. The molecular formula is C12H11N3O2. The molecule has 0 saturated heterocycles. The number of fused-ring (bicyclic) bond motifs is 3. The molecule has 1 heterocycles. The molecule has 0 aromatic heterocycles. The van der Waals surface area contributed by atoms with Crippen LogP contribution >= 0.6 is 0 Å². The number of primary amides is 1. The summed E-state index contributed by atoms with van der Waals surface area (Å²) in [4.78, 5) is 10.8. The van der Waals surface area contributed by atoms with Crippen molar-refractivity contribution in [2.24, 2.45) is 11.7 Å². The van der Waals surface area contributed by atoms with Crippen LogP contribution in [0.15, 0.2) is 18.2 Å². The summed E-state index contributed by atoms with van der Waals surface area (Å²) in [6.45, 7) is 0.567. The van der Waals surface area contributed by atoms with E-state index >= 15 is 0 Å². The predicted molar refractivity (Wildman–Crippen MR) is 59.4 cm³/mol. The van der Waals surface area contributed by atoms with E-state index in [-0.39, 0.29) is 12.0 Å². The Kier molecular flexibility index (Phi) is 1.99. The molecule has 3 atom stereocenters. The minimum Gasteiger partial charge on any atom is -0.493 e. The van der Waals surface area contributed by atoms with Crippen LogP contribution in [0.2, 0.25) is 0 Å². The highest BCUT2D eigenvalue weighted by Crippen LogP contribution is 2.53. The molecule has 2 amide bonds. The number of nitrogens with one attached hydrogen (secondary N) is 1. The number of nitrogens with zero attached hydrogens (tertiary/aromatic N) is 1. The standard InChI is InChI=1S/C12H11N3O2/c13-4-6-1-2-7-9(3-6)17-5-8-10(7)11(8)15-12(14)16/h1-3,8,10-11H,5H2,(H3,14,15,16). The number of rotatable bonds is 1. The van der Waals surface area contributed by atoms with E-state index in [1.165, 1.54) is 0 Å². The van der Waals surface area contributed by atoms with Crippen LogP contribution in [0.4, 0.5) is 4.79 Å². The molecule has 3 rings (SSSR count). The fourth-order valence-corrected chi connectivity index (χ4v) is 2.56. The summed E-state index contributed by atoms with van der Waals surface area (Å²) >= 11 is 0. The predicted octanol–water partition coefficient (Wildman–Crippen LogP) is 0.701. The van der Waals surface area contributed by atoms with Crippen molar-refractivity contribution in [3.05, 3.63) is 29.3 Å². The molecule has 5 heteroatoms. The van der Waals surface area contributed by atoms with Crippen molar-refractivity contribution in [1.29, 1.82) is 5.26 Å². The van der Waals surface area contributed by atoms with Crippen molar-refractivity contribution >= 4 is 6.03 Å². The molecule has 1 aromatic carbocycles. The Morgan fingerprint density at radius 2 is 2.41 bits per heavy atom. The van der Waals surface area contributed by atoms with Gasteiger partial charge in [-0.3, -0.25) is 0 Å². The van der Waals surface area contributed by atoms with Crippen molar-refractivity contribution in [3.63, 3.8) is 0 Å². The Morgan fingerprint density at radius 3 is 3.12 bits per heavy atom. The summed E-state index contributed by atoms with van der Waals surface area (Å²) in [6.07, 6.45) is 0. The first-order chi connectivity index (χ1) is 8.20. The third-order valence-electron chi connectivity index (χ3n) is 3.41. The van der Waals surface area contributed by atoms with Gasteiger partial charge in [-0.25, -0.2) is 4.79 Å². The molecule has 17 heavy (non-hydrogen) atoms. The van der Waals surface area contributed by atoms with E-state index in [1.807, 2.05) is 6.07 Å². The molecule has 1 fully saturated rings. The molecule has 0 spiro atoms. The minimum absolute atomic E-state index is 0.0710. The summed E-state index contributed by atoms with van der Waals surface area (Å²) in [5.74, 6) is 1.33. The normalized spacial score (nSPS) is 28.1. The van der Waals surface area contributed by atoms with Crippen molar-refractivity contribution in [2.75, 3.05) is 6.61 Å². The van der Waals surface area contributed by atoms with E-state index in [9.17, 15) is 4.79 Å². The summed E-state index contributed by atoms with van der Waals surface area (Å²) in [6, 6.07) is 7.06. The van der Waals surface area contributed by atoms with Crippen molar-refractivity contribution in [1.82, 2.24) is 5.32 Å². The zero-order valence-electron chi connectivity index (χ0n) is 9.01. The number of hydrogen-bond donors (Lipinski definition) is 2. The maximum Gasteiger partial charge on any atom is 0.312 e. The van der Waals surface area contributed by atoms with Crippen molar-refractivity contribution in [3.8, 4) is 11.8 Å². The first-order valence-corrected chi connectivity index (χ1v) is 5.43. The molecule has 5 nitrogen and oxygen atoms in total. The highest BCUT2D eigenvalue weighted by atomic mass is 16.5. The highest BCUT2D eigenvalue weighted by molar-refractivity contribution is 5.73. The lowest BCUT2D eigenvalue weighted by Crippen LogP contribution is -2.32. The lowest BCUT2D eigenvalue weighted by molar-refractivity contribution is 0.246. The number of nitriles is 1. The lowest BCUT2D eigenvalue weighted by Gasteiger charge is -2.15. The Hall–Kier alpha value is -2.22. The van der Waals surface area contributed by atoms with Crippen LogP contribution in [0.5, 0.6) is 5.75 Å². The number of urea groups is 1. The van der Waals surface area contributed by atoms with E-state index in [1.54, 1.807) is 12.1 Å². The first-order valence-electron chi connectivity index (χ1n) is 5.43. The Balaban J connectivity index is 1.89. The fourth-order valence-electron chi connectivity index (χ4n) is 2.56. The van der Waals surface area contributed by atoms with Gasteiger partial charge in [-0.05, 0) is 17.7 Å². The largest absolute Gasteiger partial charge is 0.493 e. The Labute approximate surface area is 98.2 Å². The molecule has 3 unspecified atom stereocenters. The van der Waals surface area contributed by atoms with E-state index in [0.717, 1.165) is 11.3 Å². The second kappa shape index (κ2) is 3.39. The van der Waals surface area contributed by atoms with Crippen molar-refractivity contribution < 1.29 is 9.53 Å². The summed E-state index contributed by atoms with van der Waals surface area (Å²) in [7, 11) is 0. The molecule has 1 aliphatic carbocycles. The van der Waals surface area contributed by atoms with Gasteiger partial charge in [0, 0.05) is 17.9 Å². The first kappa shape index (κ1) is 9.97. The van der Waals surface area contributed by atoms with Gasteiger partial charge in [-0.15, -0.1) is 0 Å². The average Bonchev–Trinajstić information content (AvgIpc) is 3.01. The van der Waals surface area contributed by atoms with Gasteiger partial charge in [0.2, 0.25) is 0 Å². The molecular weight excluding hydrogens is 218 g/mol. The van der Waals surface area contributed by atoms with Gasteiger partial charge in [-0.2, -0.15) is 5.26 Å². The number of carbonyl (C=O) groups excluding carboxylic acids is 1. The molecule has 0 bridgehead atoms. The van der Waals surface area contributed by atoms with Gasteiger partial charge in [0.1, 0.15) is 5.75 Å². The molecule has 1 aliphatic heterocycles. The van der Waals surface area contributed by atoms with E-state index in [0.29, 0.717) is 18.1 Å². The maximum atomic E-state index is 10.8. The third-order valence-corrected chi connectivity index (χ3v) is 3.41. The van der Waals surface area contributed by atoms with Crippen LogP contribution in [0.3, 0.4) is 0 Å². The third kappa shape index (κ3) is 1.49. The topological polar surface area (TPSA) is 88.1 Å². The van der Waals surface area contributed by atoms with Crippen LogP contribution in [-0.2, 0) is 0 Å². The average molecular weight is 229 g/mol. The van der Waals surface area contributed by atoms with Crippen molar-refractivity contribution in [2.45, 2.75) is 12.0 Å². The van der Waals surface area contributed by atoms with Gasteiger partial charge >= 0.3 is 6.03 Å². The zero-order valence-corrected chi connectivity index (χ0v) is 9.01. The fraction of sp³-hybridized carbons (Fsp3) is 0.333. The SMILES string of the molecule is N#Cc1ccc2c(c1)OCC1C(NC(N)=O)C21. The van der Waals surface area contributed by atoms with Gasteiger partial charge in [0.05, 0.1) is 18.2 Å². The quantitative estimate of drug-likeness (QED) is 0.743. The highest BCUT2D eigenvalue weighted by Gasteiger charge is 2.55. The number of ether oxygens (including phenoxy) is 1. The van der Waals surface area contributed by atoms with E-state index in [2.05, 4.69) is 11.4 Å². The molecule has 1 saturated carbocycles. The zero-order chi connectivity index (χ0) is 12.0. The van der Waals surface area contributed by atoms with Crippen LogP contribution in [0.25, 0.3) is 0 Å². The Morgan fingerprint density at radius 1 is 1.59 bits per heavy atom. The summed E-state index contributed by atoms with van der Waals surface area (Å²) in [5, 5.41) is 11.5. The second-order valence-corrected chi connectivity index (χ2v) is 4.40. The number of nitrogens with two attached hydrogens (primary N) is 1. The van der Waals surface area contributed by atoms with Gasteiger partial charge in [0.15, 0.2) is 0 Å². The van der Waals surface area contributed by atoms with Gasteiger partial charge < -0.3 is 15.8 Å². The Bertz CT molecular complexity index is 535. The van der Waals surface area contributed by atoms with E-state index in [4.69, 9.17) is 15.7 Å². The molecule has 3 N–H and O–H groups in total. The van der Waals surface area contributed by atoms with Crippen LogP contribution in [-0.4, -0.2) is 18.7 Å². The number of carbonyl (C=O) groups is 1. The van der Waals surface area contributed by atoms with Crippen LogP contribution in [0, 0.1) is 17.2 Å². The summed E-state index contributed by atoms with van der Waals surface area (Å²) in [5.41, 5.74) is 6.76. The van der Waals surface area contributed by atoms with Crippen LogP contribution in [0.1, 0.15) is 17.0 Å². The molecule has 0 radical (unpaired) electrons. The van der Waals surface area contributed by atoms with Gasteiger partial charge in [-0.1, -0.05) is 6.07 Å². The second-order valence-electron chi connectivity index (χ2n) is 4.40. The molecule has 1 aromatic rings. The molecule has 86 valence electrons. The number of amides is 2. The monoisotopic (exact) mass is 229 g/mol. The smallest absolute Gasteiger partial charge is 0.312 e.